The van der Waals surface area contributed by atoms with E-state index in [1.807, 2.05) is 127 Å². The Hall–Kier alpha value is -5.18. The summed E-state index contributed by atoms with van der Waals surface area (Å²) in [6.45, 7) is 0.260. The summed E-state index contributed by atoms with van der Waals surface area (Å²) in [7, 11) is 1.89. The van der Waals surface area contributed by atoms with Gasteiger partial charge in [-0.1, -0.05) is 126 Å². The second-order valence-corrected chi connectivity index (χ2v) is 12.4. The fourth-order valence-corrected chi connectivity index (χ4v) is 7.11. The van der Waals surface area contributed by atoms with Crippen LogP contribution in [0, 0.1) is 0 Å². The highest BCUT2D eigenvalue weighted by atomic mass is 35.5. The van der Waals surface area contributed by atoms with Gasteiger partial charge in [-0.05, 0) is 40.5 Å². The molecule has 0 aliphatic heterocycles. The molecule has 0 spiro atoms. The van der Waals surface area contributed by atoms with Crippen LogP contribution in [-0.4, -0.2) is 24.2 Å². The molecule has 0 saturated heterocycles. The maximum atomic E-state index is 14.0. The summed E-state index contributed by atoms with van der Waals surface area (Å²) in [6.07, 6.45) is 1.98. The third kappa shape index (κ3) is 5.25. The lowest BCUT2D eigenvalue weighted by Gasteiger charge is -2.37. The van der Waals surface area contributed by atoms with Gasteiger partial charge in [0.2, 0.25) is 5.88 Å². The van der Waals surface area contributed by atoms with Crippen LogP contribution in [0.5, 0.6) is 11.6 Å². The van der Waals surface area contributed by atoms with Crippen molar-refractivity contribution >= 4 is 34.1 Å². The van der Waals surface area contributed by atoms with E-state index in [2.05, 4.69) is 9.97 Å². The van der Waals surface area contributed by atoms with Crippen LogP contribution in [0.1, 0.15) is 33.0 Å². The number of rotatable bonds is 9. The van der Waals surface area contributed by atoms with Crippen molar-refractivity contribution in [3.63, 3.8) is 0 Å². The molecule has 0 unspecified atom stereocenters. The average Bonchev–Trinajstić information content (AvgIpc) is 3.55. The fraction of sp³-hybridized carbons (Fsp3) is 0.108. The van der Waals surface area contributed by atoms with E-state index >= 15 is 0 Å². The molecule has 7 aromatic rings. The standard InChI is InChI=1S/C37H29ClN4O3S/c1-41-33(40-31-22-29(38)23-39-34(31)41)24-45-30-19-17-25(18-20-30)21-32-35(43)42(36(44)46-32)37(26-11-5-2-6-12-26,27-13-7-3-8-14-27)28-15-9-4-10-16-28/h2-20,22-23,43H,21,24H2,1H3. The summed E-state index contributed by atoms with van der Waals surface area (Å²) in [4.78, 5) is 23.3. The monoisotopic (exact) mass is 644 g/mol. The number of thiazole rings is 1. The molecule has 7 rings (SSSR count). The summed E-state index contributed by atoms with van der Waals surface area (Å²) in [6, 6.07) is 39.0. The Morgan fingerprint density at radius 1 is 0.848 bits per heavy atom. The van der Waals surface area contributed by atoms with Crippen molar-refractivity contribution < 1.29 is 9.84 Å². The second kappa shape index (κ2) is 12.3. The molecule has 0 saturated carbocycles. The van der Waals surface area contributed by atoms with E-state index in [0.717, 1.165) is 45.1 Å². The lowest BCUT2D eigenvalue weighted by atomic mass is 9.76. The maximum Gasteiger partial charge on any atom is 0.311 e. The van der Waals surface area contributed by atoms with Crippen LogP contribution < -0.4 is 9.61 Å². The highest BCUT2D eigenvalue weighted by Gasteiger charge is 2.42. The molecule has 1 N–H and O–H groups in total. The molecule has 0 fully saturated rings. The van der Waals surface area contributed by atoms with Gasteiger partial charge in [0.15, 0.2) is 5.65 Å². The number of pyridine rings is 1. The summed E-state index contributed by atoms with van der Waals surface area (Å²) >= 11 is 7.14. The van der Waals surface area contributed by atoms with Crippen molar-refractivity contribution in [3.05, 3.63) is 175 Å². The highest BCUT2D eigenvalue weighted by molar-refractivity contribution is 7.09. The van der Waals surface area contributed by atoms with Gasteiger partial charge in [-0.3, -0.25) is 9.36 Å². The third-order valence-electron chi connectivity index (χ3n) is 8.19. The fourth-order valence-electron chi connectivity index (χ4n) is 6.01. The number of aromatic hydroxyl groups is 1. The van der Waals surface area contributed by atoms with Gasteiger partial charge in [0, 0.05) is 19.7 Å². The molecule has 0 bridgehead atoms. The van der Waals surface area contributed by atoms with E-state index in [4.69, 9.17) is 16.3 Å². The zero-order valence-corrected chi connectivity index (χ0v) is 26.4. The lowest BCUT2D eigenvalue weighted by Crippen LogP contribution is -2.42. The number of fused-ring (bicyclic) bond motifs is 1. The molecule has 7 nitrogen and oxygen atoms in total. The summed E-state index contributed by atoms with van der Waals surface area (Å²) in [5.74, 6) is 1.35. The number of nitrogens with zero attached hydrogens (tertiary/aromatic N) is 4. The molecule has 9 heteroatoms. The van der Waals surface area contributed by atoms with Crippen molar-refractivity contribution in [2.24, 2.45) is 7.05 Å². The number of imidazole rings is 1. The maximum absolute atomic E-state index is 14.0. The summed E-state index contributed by atoms with van der Waals surface area (Å²) in [5.41, 5.74) is 3.90. The van der Waals surface area contributed by atoms with Crippen molar-refractivity contribution in [1.82, 2.24) is 19.1 Å². The number of halogens is 1. The minimum Gasteiger partial charge on any atom is -0.494 e. The first-order valence-corrected chi connectivity index (χ1v) is 15.9. The SMILES string of the molecule is Cn1c(COc2ccc(Cc3sc(=O)n(C(c4ccccc4)(c4ccccc4)c4ccccc4)c3O)cc2)nc2cc(Cl)cnc21. The molecule has 0 atom stereocenters. The van der Waals surface area contributed by atoms with E-state index < -0.39 is 5.54 Å². The molecule has 0 aliphatic rings. The Balaban J connectivity index is 1.21. The molecule has 3 aromatic heterocycles. The van der Waals surface area contributed by atoms with Crippen molar-refractivity contribution in [3.8, 4) is 11.6 Å². The third-order valence-corrected chi connectivity index (χ3v) is 9.33. The first-order chi connectivity index (χ1) is 22.4. The Bertz CT molecular complexity index is 2080. The van der Waals surface area contributed by atoms with Gasteiger partial charge >= 0.3 is 4.87 Å². The van der Waals surface area contributed by atoms with Gasteiger partial charge in [-0.15, -0.1) is 0 Å². The highest BCUT2D eigenvalue weighted by Crippen LogP contribution is 2.43. The molecule has 0 radical (unpaired) electrons. The molecular weight excluding hydrogens is 616 g/mol. The smallest absolute Gasteiger partial charge is 0.311 e. The minimum absolute atomic E-state index is 0.0533. The predicted molar refractivity (Wildman–Crippen MR) is 182 cm³/mol. The number of ether oxygens (including phenoxy) is 1. The van der Waals surface area contributed by atoms with Crippen molar-refractivity contribution in [2.45, 2.75) is 18.6 Å². The van der Waals surface area contributed by atoms with Crippen LogP contribution in [0.2, 0.25) is 5.02 Å². The van der Waals surface area contributed by atoms with Gasteiger partial charge in [-0.2, -0.15) is 0 Å². The van der Waals surface area contributed by atoms with Crippen LogP contribution >= 0.6 is 22.9 Å². The molecule has 3 heterocycles. The van der Waals surface area contributed by atoms with Crippen LogP contribution in [0.4, 0.5) is 0 Å². The average molecular weight is 645 g/mol. The minimum atomic E-state index is -1.09. The zero-order valence-electron chi connectivity index (χ0n) is 24.9. The first kappa shape index (κ1) is 29.5. The number of benzene rings is 4. The molecule has 0 amide bonds. The Morgan fingerprint density at radius 2 is 1.41 bits per heavy atom. The van der Waals surface area contributed by atoms with Crippen LogP contribution in [0.3, 0.4) is 0 Å². The summed E-state index contributed by atoms with van der Waals surface area (Å²) in [5, 5.41) is 12.4. The normalized spacial score (nSPS) is 11.6. The quantitative estimate of drug-likeness (QED) is 0.164. The zero-order chi connectivity index (χ0) is 31.7. The largest absolute Gasteiger partial charge is 0.494 e. The Kier molecular flexibility index (Phi) is 7.90. The van der Waals surface area contributed by atoms with Gasteiger partial charge in [0.1, 0.15) is 29.2 Å². The van der Waals surface area contributed by atoms with Crippen LogP contribution in [0.25, 0.3) is 11.2 Å². The van der Waals surface area contributed by atoms with E-state index in [9.17, 15) is 9.90 Å². The molecule has 228 valence electrons. The molecular formula is C37H29ClN4O3S. The number of hydrogen-bond donors (Lipinski definition) is 1. The second-order valence-electron chi connectivity index (χ2n) is 11.0. The van der Waals surface area contributed by atoms with E-state index in [0.29, 0.717) is 27.6 Å². The van der Waals surface area contributed by atoms with Gasteiger partial charge in [0.05, 0.1) is 9.90 Å². The molecule has 46 heavy (non-hydrogen) atoms. The number of aryl methyl sites for hydroxylation is 1. The van der Waals surface area contributed by atoms with Gasteiger partial charge in [-0.25, -0.2) is 9.97 Å². The molecule has 0 aliphatic carbocycles. The van der Waals surface area contributed by atoms with E-state index in [1.165, 1.54) is 0 Å². The van der Waals surface area contributed by atoms with E-state index in [1.54, 1.807) is 16.8 Å². The van der Waals surface area contributed by atoms with E-state index in [-0.39, 0.29) is 17.4 Å². The van der Waals surface area contributed by atoms with Crippen LogP contribution in [-0.2, 0) is 25.6 Å². The number of aromatic nitrogens is 4. The van der Waals surface area contributed by atoms with Gasteiger partial charge < -0.3 is 14.4 Å². The van der Waals surface area contributed by atoms with Crippen LogP contribution in [0.15, 0.2) is 132 Å². The predicted octanol–water partition coefficient (Wildman–Crippen LogP) is 7.56. The first-order valence-electron chi connectivity index (χ1n) is 14.7. The van der Waals surface area contributed by atoms with Crippen molar-refractivity contribution in [2.75, 3.05) is 0 Å². The Morgan fingerprint density at radius 3 is 1.98 bits per heavy atom. The van der Waals surface area contributed by atoms with Crippen molar-refractivity contribution in [1.29, 1.82) is 0 Å². The Labute approximate surface area is 274 Å². The molecule has 4 aromatic carbocycles. The van der Waals surface area contributed by atoms with Gasteiger partial charge in [0.25, 0.3) is 0 Å². The number of hydrogen-bond acceptors (Lipinski definition) is 6. The topological polar surface area (TPSA) is 82.2 Å². The summed E-state index contributed by atoms with van der Waals surface area (Å²) < 4.78 is 9.46. The lowest BCUT2D eigenvalue weighted by molar-refractivity contribution is 0.292.